The molecule has 0 bridgehead atoms. The lowest BCUT2D eigenvalue weighted by Gasteiger charge is -2.16. The van der Waals surface area contributed by atoms with Crippen LogP contribution in [0.15, 0.2) is 0 Å². The molecule has 2 nitrogen and oxygen atoms in total. The first kappa shape index (κ1) is 6.59. The van der Waals surface area contributed by atoms with Crippen LogP contribution < -0.4 is 5.73 Å². The predicted octanol–water partition coefficient (Wildman–Crippen LogP) is 0.866. The molecule has 1 amide bonds. The summed E-state index contributed by atoms with van der Waals surface area (Å²) in [7, 11) is 0. The van der Waals surface area contributed by atoms with Gasteiger partial charge in [-0.2, -0.15) is 0 Å². The van der Waals surface area contributed by atoms with Crippen molar-refractivity contribution in [1.82, 2.24) is 0 Å². The third-order valence-electron chi connectivity index (χ3n) is 1.79. The van der Waals surface area contributed by atoms with Crippen LogP contribution in [0.25, 0.3) is 0 Å². The number of carbonyl (C=O) groups is 1. The first-order chi connectivity index (χ1) is 4.30. The highest BCUT2D eigenvalue weighted by atomic mass is 16.1. The van der Waals surface area contributed by atoms with E-state index in [0.29, 0.717) is 0 Å². The van der Waals surface area contributed by atoms with E-state index in [1.54, 1.807) is 0 Å². The van der Waals surface area contributed by atoms with Gasteiger partial charge in [-0.1, -0.05) is 12.8 Å². The maximum absolute atomic E-state index is 10.5. The van der Waals surface area contributed by atoms with Crippen LogP contribution in [0.2, 0.25) is 0 Å². The van der Waals surface area contributed by atoms with Crippen molar-refractivity contribution in [2.45, 2.75) is 25.7 Å². The van der Waals surface area contributed by atoms with Crippen molar-refractivity contribution in [2.24, 2.45) is 11.7 Å². The van der Waals surface area contributed by atoms with Gasteiger partial charge in [0.1, 0.15) is 0 Å². The molecule has 2 heteroatoms. The van der Waals surface area contributed by atoms with Gasteiger partial charge in [0.25, 0.3) is 0 Å². The van der Waals surface area contributed by atoms with Crippen molar-refractivity contribution in [3.8, 4) is 0 Å². The summed E-state index contributed by atoms with van der Waals surface area (Å²) >= 11 is 0. The Morgan fingerprint density at radius 1 is 1.56 bits per heavy atom. The molecule has 2 N–H and O–H groups in total. The summed E-state index contributed by atoms with van der Waals surface area (Å²) in [4.78, 5) is 10.5. The molecule has 1 atom stereocenters. The second-order valence-electron chi connectivity index (χ2n) is 2.53. The van der Waals surface area contributed by atoms with Crippen LogP contribution in [0.1, 0.15) is 25.7 Å². The Bertz CT molecular complexity index is 105. The number of carbonyl (C=O) groups excluding carboxylic acids is 1. The molecule has 0 aromatic rings. The minimum Gasteiger partial charge on any atom is -0.369 e. The van der Waals surface area contributed by atoms with E-state index in [-0.39, 0.29) is 11.8 Å². The molecule has 9 heavy (non-hydrogen) atoms. The number of amides is 1. The van der Waals surface area contributed by atoms with Gasteiger partial charge in [-0.25, -0.2) is 0 Å². The molecule has 1 radical (unpaired) electrons. The van der Waals surface area contributed by atoms with E-state index in [2.05, 4.69) is 0 Å². The normalized spacial score (nSPS) is 21.8. The zero-order valence-electron chi connectivity index (χ0n) is 5.47. The fourth-order valence-electron chi connectivity index (χ4n) is 1.20. The van der Waals surface area contributed by atoms with Gasteiger partial charge in [0, 0.05) is 5.92 Å². The van der Waals surface area contributed by atoms with Crippen LogP contribution in [0.3, 0.4) is 0 Å². The molecule has 1 fully saturated rings. The zero-order valence-corrected chi connectivity index (χ0v) is 5.47. The summed E-state index contributed by atoms with van der Waals surface area (Å²) in [5, 5.41) is 0. The van der Waals surface area contributed by atoms with Crippen LogP contribution in [0, 0.1) is 12.3 Å². The third kappa shape index (κ3) is 1.70. The van der Waals surface area contributed by atoms with E-state index in [4.69, 9.17) is 5.73 Å². The smallest absolute Gasteiger partial charge is 0.220 e. The number of nitrogens with two attached hydrogens (primary N) is 1. The van der Waals surface area contributed by atoms with Crippen molar-refractivity contribution < 1.29 is 4.79 Å². The summed E-state index contributed by atoms with van der Waals surface area (Å²) in [5.41, 5.74) is 5.10. The number of hydrogen-bond acceptors (Lipinski definition) is 1. The van der Waals surface area contributed by atoms with Gasteiger partial charge in [0.05, 0.1) is 0 Å². The van der Waals surface area contributed by atoms with E-state index in [1.807, 2.05) is 6.42 Å². The van der Waals surface area contributed by atoms with E-state index < -0.39 is 0 Å². The maximum atomic E-state index is 10.5. The lowest BCUT2D eigenvalue weighted by molar-refractivity contribution is -0.121. The molecule has 0 saturated heterocycles. The van der Waals surface area contributed by atoms with Gasteiger partial charge in [0.2, 0.25) is 5.91 Å². The van der Waals surface area contributed by atoms with E-state index in [1.165, 1.54) is 6.42 Å². The van der Waals surface area contributed by atoms with Crippen LogP contribution in [0.4, 0.5) is 0 Å². The number of hydrogen-bond donors (Lipinski definition) is 1. The van der Waals surface area contributed by atoms with Crippen molar-refractivity contribution in [3.63, 3.8) is 0 Å². The lowest BCUT2D eigenvalue weighted by atomic mass is 9.89. The van der Waals surface area contributed by atoms with Crippen LogP contribution in [0.5, 0.6) is 0 Å². The Labute approximate surface area is 55.4 Å². The Morgan fingerprint density at radius 2 is 2.33 bits per heavy atom. The molecule has 1 rings (SSSR count). The summed E-state index contributed by atoms with van der Waals surface area (Å²) < 4.78 is 0. The minimum atomic E-state index is -0.158. The first-order valence-corrected chi connectivity index (χ1v) is 3.43. The number of primary amides is 1. The molecule has 0 aromatic carbocycles. The molecule has 0 spiro atoms. The SMILES string of the molecule is NC(=O)C1[CH]CCCC1. The zero-order chi connectivity index (χ0) is 6.69. The molecule has 1 aliphatic carbocycles. The summed E-state index contributed by atoms with van der Waals surface area (Å²) in [6.45, 7) is 0. The molecule has 0 aliphatic heterocycles. The fourth-order valence-corrected chi connectivity index (χ4v) is 1.20. The van der Waals surface area contributed by atoms with Gasteiger partial charge in [-0.15, -0.1) is 0 Å². The monoisotopic (exact) mass is 126 g/mol. The highest BCUT2D eigenvalue weighted by molar-refractivity contribution is 5.77. The van der Waals surface area contributed by atoms with Gasteiger partial charge < -0.3 is 5.73 Å². The Kier molecular flexibility index (Phi) is 2.09. The molecular weight excluding hydrogens is 114 g/mol. The number of rotatable bonds is 1. The summed E-state index contributed by atoms with van der Waals surface area (Å²) in [6, 6.07) is 0. The van der Waals surface area contributed by atoms with Crippen molar-refractivity contribution in [1.29, 1.82) is 0 Å². The Morgan fingerprint density at radius 3 is 2.67 bits per heavy atom. The molecule has 1 unspecified atom stereocenters. The van der Waals surface area contributed by atoms with Crippen molar-refractivity contribution in [3.05, 3.63) is 6.42 Å². The summed E-state index contributed by atoms with van der Waals surface area (Å²) in [5.74, 6) is -0.0894. The van der Waals surface area contributed by atoms with Crippen LogP contribution in [-0.4, -0.2) is 5.91 Å². The van der Waals surface area contributed by atoms with Gasteiger partial charge >= 0.3 is 0 Å². The Balaban J connectivity index is 2.31. The largest absolute Gasteiger partial charge is 0.369 e. The topological polar surface area (TPSA) is 43.1 Å². The highest BCUT2D eigenvalue weighted by Gasteiger charge is 2.17. The van der Waals surface area contributed by atoms with E-state index in [9.17, 15) is 4.79 Å². The standard InChI is InChI=1S/C7H12NO/c8-7(9)6-4-2-1-3-5-6/h4,6H,1-3,5H2,(H2,8,9). The average molecular weight is 126 g/mol. The summed E-state index contributed by atoms with van der Waals surface area (Å²) in [6.07, 6.45) is 6.45. The molecular formula is C7H12NO. The highest BCUT2D eigenvalue weighted by Crippen LogP contribution is 2.21. The second-order valence-corrected chi connectivity index (χ2v) is 2.53. The molecule has 1 aliphatic rings. The molecule has 0 heterocycles. The van der Waals surface area contributed by atoms with E-state index in [0.717, 1.165) is 19.3 Å². The van der Waals surface area contributed by atoms with Gasteiger partial charge in [-0.3, -0.25) is 4.79 Å². The van der Waals surface area contributed by atoms with Crippen molar-refractivity contribution >= 4 is 5.91 Å². The van der Waals surface area contributed by atoms with Crippen molar-refractivity contribution in [2.75, 3.05) is 0 Å². The second kappa shape index (κ2) is 2.85. The fraction of sp³-hybridized carbons (Fsp3) is 0.714. The van der Waals surface area contributed by atoms with Crippen LogP contribution in [-0.2, 0) is 4.79 Å². The van der Waals surface area contributed by atoms with Crippen LogP contribution >= 0.6 is 0 Å². The maximum Gasteiger partial charge on any atom is 0.220 e. The van der Waals surface area contributed by atoms with E-state index >= 15 is 0 Å². The molecule has 1 saturated carbocycles. The lowest BCUT2D eigenvalue weighted by Crippen LogP contribution is -2.25. The first-order valence-electron chi connectivity index (χ1n) is 3.43. The molecule has 0 aromatic heterocycles. The van der Waals surface area contributed by atoms with Gasteiger partial charge in [0.15, 0.2) is 0 Å². The Hall–Kier alpha value is -0.530. The third-order valence-corrected chi connectivity index (χ3v) is 1.79. The van der Waals surface area contributed by atoms with Gasteiger partial charge in [-0.05, 0) is 19.3 Å². The minimum absolute atomic E-state index is 0.0683. The quantitative estimate of drug-likeness (QED) is 0.556. The molecule has 51 valence electrons. The average Bonchev–Trinajstić information content (AvgIpc) is 1.90. The predicted molar refractivity (Wildman–Crippen MR) is 35.5 cm³/mol.